The molecular weight excluding hydrogens is 460 g/mol. The molecule has 5 heteroatoms. The molecule has 0 heterocycles. The second-order valence-corrected chi connectivity index (χ2v) is 12.1. The maximum absolute atomic E-state index is 12.2. The van der Waals surface area contributed by atoms with Crippen LogP contribution in [0.2, 0.25) is 0 Å². The summed E-state index contributed by atoms with van der Waals surface area (Å²) in [6.07, 6.45) is 4.22. The number of carbonyl (C=O) groups excluding carboxylic acids is 2. The van der Waals surface area contributed by atoms with Gasteiger partial charge in [-0.2, -0.15) is 0 Å². The molecule has 4 rings (SSSR count). The Bertz CT molecular complexity index is 1150. The molecule has 0 radical (unpaired) electrons. The van der Waals surface area contributed by atoms with E-state index in [0.717, 1.165) is 36.0 Å². The van der Waals surface area contributed by atoms with E-state index in [0.29, 0.717) is 18.3 Å². The Morgan fingerprint density at radius 2 is 1.46 bits per heavy atom. The monoisotopic (exact) mass is 496 g/mol. The smallest absolute Gasteiger partial charge is 0.306 e. The quantitative estimate of drug-likeness (QED) is 0.465. The molecule has 2 aliphatic rings. The van der Waals surface area contributed by atoms with Gasteiger partial charge in [-0.15, -0.1) is 0 Å². The van der Waals surface area contributed by atoms with Gasteiger partial charge in [-0.1, -0.05) is 77.9 Å². The molecule has 0 spiro atoms. The first-order chi connectivity index (χ1) is 16.2. The van der Waals surface area contributed by atoms with E-state index < -0.39 is 11.9 Å². The number of benzene rings is 2. The fourth-order valence-corrected chi connectivity index (χ4v) is 5.37. The number of fused-ring (bicyclic) bond motifs is 2. The van der Waals surface area contributed by atoms with Gasteiger partial charge in [0.15, 0.2) is 5.78 Å². The summed E-state index contributed by atoms with van der Waals surface area (Å²) in [4.78, 5) is 34.2. The Hall–Kier alpha value is -2.46. The summed E-state index contributed by atoms with van der Waals surface area (Å²) in [5.41, 5.74) is 7.01. The zero-order chi connectivity index (χ0) is 26.1. The number of Topliss-reactive ketones (excluding diaryl/α,β-unsaturated/α-hetero) is 1. The van der Waals surface area contributed by atoms with Crippen molar-refractivity contribution >= 4 is 28.6 Å². The molecule has 188 valence electrons. The van der Waals surface area contributed by atoms with E-state index >= 15 is 0 Å². The first kappa shape index (κ1) is 27.1. The van der Waals surface area contributed by atoms with Crippen LogP contribution in [0.25, 0.3) is 0 Å². The summed E-state index contributed by atoms with van der Waals surface area (Å²) >= 11 is 5.55. The molecule has 2 aromatic rings. The third kappa shape index (κ3) is 6.22. The second kappa shape index (κ2) is 10.3. The Labute approximate surface area is 214 Å². The average molecular weight is 497 g/mol. The number of hydrogen-bond acceptors (Lipinski definition) is 3. The summed E-state index contributed by atoms with van der Waals surface area (Å²) in [6.45, 7) is 12.1. The average Bonchev–Trinajstić information content (AvgIpc) is 3.21. The van der Waals surface area contributed by atoms with Crippen molar-refractivity contribution in [2.24, 2.45) is 22.7 Å². The van der Waals surface area contributed by atoms with Gasteiger partial charge in [0.2, 0.25) is 5.24 Å². The molecule has 2 aromatic carbocycles. The topological polar surface area (TPSA) is 71.4 Å². The number of ketones is 1. The standard InChI is InChI=1S/C15H19ClO.C15H18O3/c1-10(14(16)17)7-11-5-4-6-12-8-15(2,3)9-13(11)12;1-9(14(17)18)7-10-5-4-6-11-12(10)8-15(2,3)13(11)16/h4-6,10H,7-9H2,1-3H3;4-6,9H,7-8H2,1-3H3,(H,17,18). The molecule has 0 saturated carbocycles. The maximum atomic E-state index is 12.2. The minimum Gasteiger partial charge on any atom is -0.481 e. The Kier molecular flexibility index (Phi) is 7.96. The highest BCUT2D eigenvalue weighted by Gasteiger charge is 2.38. The summed E-state index contributed by atoms with van der Waals surface area (Å²) in [6, 6.07) is 12.1. The van der Waals surface area contributed by atoms with Gasteiger partial charge in [0, 0.05) is 16.9 Å². The number of rotatable bonds is 6. The SMILES string of the molecule is CC(Cc1cccc2c1CC(C)(C)C2)C(=O)Cl.CC(Cc1cccc2c1CC(C)(C)C2=O)C(=O)O. The van der Waals surface area contributed by atoms with E-state index in [1.807, 2.05) is 39.0 Å². The molecule has 0 aromatic heterocycles. The molecule has 2 unspecified atom stereocenters. The van der Waals surface area contributed by atoms with Gasteiger partial charge in [-0.25, -0.2) is 0 Å². The van der Waals surface area contributed by atoms with Gasteiger partial charge in [-0.05, 0) is 76.9 Å². The molecular formula is C30H37ClO4. The molecule has 2 atom stereocenters. The molecule has 1 N–H and O–H groups in total. The van der Waals surface area contributed by atoms with Crippen LogP contribution in [0.4, 0.5) is 0 Å². The van der Waals surface area contributed by atoms with Gasteiger partial charge in [0.1, 0.15) is 0 Å². The van der Waals surface area contributed by atoms with Crippen molar-refractivity contribution in [3.05, 3.63) is 69.8 Å². The lowest BCUT2D eigenvalue weighted by molar-refractivity contribution is -0.141. The van der Waals surface area contributed by atoms with Gasteiger partial charge in [0.25, 0.3) is 0 Å². The van der Waals surface area contributed by atoms with Crippen LogP contribution in [-0.2, 0) is 41.7 Å². The third-order valence-electron chi connectivity index (χ3n) is 7.31. The van der Waals surface area contributed by atoms with Crippen LogP contribution < -0.4 is 0 Å². The summed E-state index contributed by atoms with van der Waals surface area (Å²) in [5.74, 6) is -1.14. The van der Waals surface area contributed by atoms with Crippen molar-refractivity contribution in [3.8, 4) is 0 Å². The van der Waals surface area contributed by atoms with E-state index in [-0.39, 0.29) is 22.4 Å². The third-order valence-corrected chi connectivity index (χ3v) is 7.68. The summed E-state index contributed by atoms with van der Waals surface area (Å²) < 4.78 is 0. The van der Waals surface area contributed by atoms with Crippen LogP contribution in [0.3, 0.4) is 0 Å². The molecule has 0 fully saturated rings. The fraction of sp³-hybridized carbons (Fsp3) is 0.500. The van der Waals surface area contributed by atoms with Crippen LogP contribution in [0, 0.1) is 22.7 Å². The minimum atomic E-state index is -0.795. The van der Waals surface area contributed by atoms with E-state index in [2.05, 4.69) is 32.0 Å². The number of carbonyl (C=O) groups is 3. The van der Waals surface area contributed by atoms with Gasteiger partial charge in [0.05, 0.1) is 5.92 Å². The molecule has 2 aliphatic carbocycles. The lowest BCUT2D eigenvalue weighted by atomic mass is 9.88. The molecule has 4 nitrogen and oxygen atoms in total. The molecule has 35 heavy (non-hydrogen) atoms. The predicted octanol–water partition coefficient (Wildman–Crippen LogP) is 6.47. The Morgan fingerprint density at radius 3 is 2.06 bits per heavy atom. The van der Waals surface area contributed by atoms with Crippen molar-refractivity contribution in [2.75, 3.05) is 0 Å². The predicted molar refractivity (Wildman–Crippen MR) is 140 cm³/mol. The largest absolute Gasteiger partial charge is 0.481 e. The number of carboxylic acid groups (broad SMARTS) is 1. The zero-order valence-electron chi connectivity index (χ0n) is 21.7. The van der Waals surface area contributed by atoms with Crippen molar-refractivity contribution < 1.29 is 19.5 Å². The first-order valence-electron chi connectivity index (χ1n) is 12.4. The molecule has 0 amide bonds. The van der Waals surface area contributed by atoms with Crippen LogP contribution in [0.1, 0.15) is 79.7 Å². The lowest BCUT2D eigenvalue weighted by Gasteiger charge is -2.16. The number of halogens is 1. The van der Waals surface area contributed by atoms with Crippen molar-refractivity contribution in [3.63, 3.8) is 0 Å². The van der Waals surface area contributed by atoms with Crippen LogP contribution >= 0.6 is 11.6 Å². The Morgan fingerprint density at radius 1 is 0.886 bits per heavy atom. The van der Waals surface area contributed by atoms with Gasteiger partial charge in [-0.3, -0.25) is 14.4 Å². The maximum Gasteiger partial charge on any atom is 0.306 e. The van der Waals surface area contributed by atoms with Crippen LogP contribution in [-0.4, -0.2) is 22.1 Å². The van der Waals surface area contributed by atoms with Crippen LogP contribution in [0.5, 0.6) is 0 Å². The normalized spacial score (nSPS) is 18.7. The summed E-state index contributed by atoms with van der Waals surface area (Å²) in [5, 5.41) is 8.74. The van der Waals surface area contributed by atoms with Crippen molar-refractivity contribution in [1.29, 1.82) is 0 Å². The first-order valence-corrected chi connectivity index (χ1v) is 12.8. The minimum absolute atomic E-state index is 0.0909. The van der Waals surface area contributed by atoms with E-state index in [1.54, 1.807) is 6.92 Å². The zero-order valence-corrected chi connectivity index (χ0v) is 22.5. The molecule has 0 saturated heterocycles. The fourth-order valence-electron chi connectivity index (χ4n) is 5.29. The van der Waals surface area contributed by atoms with Crippen molar-refractivity contribution in [1.82, 2.24) is 0 Å². The number of carboxylic acids is 1. The molecule has 0 aliphatic heterocycles. The van der Waals surface area contributed by atoms with E-state index in [1.165, 1.54) is 16.7 Å². The molecule has 0 bridgehead atoms. The summed E-state index contributed by atoms with van der Waals surface area (Å²) in [7, 11) is 0. The lowest BCUT2D eigenvalue weighted by Crippen LogP contribution is -2.18. The van der Waals surface area contributed by atoms with E-state index in [4.69, 9.17) is 16.7 Å². The second-order valence-electron chi connectivity index (χ2n) is 11.8. The highest BCUT2D eigenvalue weighted by Crippen LogP contribution is 2.39. The highest BCUT2D eigenvalue weighted by molar-refractivity contribution is 6.63. The Balaban J connectivity index is 0.000000196. The van der Waals surface area contributed by atoms with E-state index in [9.17, 15) is 14.4 Å². The number of hydrogen-bond donors (Lipinski definition) is 1. The van der Waals surface area contributed by atoms with Gasteiger partial charge >= 0.3 is 5.97 Å². The van der Waals surface area contributed by atoms with Crippen LogP contribution in [0.15, 0.2) is 36.4 Å². The van der Waals surface area contributed by atoms with Crippen molar-refractivity contribution in [2.45, 2.75) is 73.6 Å². The highest BCUT2D eigenvalue weighted by atomic mass is 35.5. The number of aliphatic carboxylic acids is 1. The van der Waals surface area contributed by atoms with Gasteiger partial charge < -0.3 is 5.11 Å².